The molecule has 0 spiro atoms. The predicted molar refractivity (Wildman–Crippen MR) is 136 cm³/mol. The van der Waals surface area contributed by atoms with Crippen molar-refractivity contribution in [3.8, 4) is 11.1 Å². The molecule has 2 saturated heterocycles. The van der Waals surface area contributed by atoms with Crippen molar-refractivity contribution in [2.75, 3.05) is 6.54 Å². The van der Waals surface area contributed by atoms with E-state index in [-0.39, 0.29) is 30.5 Å². The van der Waals surface area contributed by atoms with Crippen LogP contribution in [-0.4, -0.2) is 54.7 Å². The second-order valence-electron chi connectivity index (χ2n) is 10.7. The average Bonchev–Trinajstić information content (AvgIpc) is 3.08. The smallest absolute Gasteiger partial charge is 0.410 e. The Labute approximate surface area is 212 Å². The van der Waals surface area contributed by atoms with Gasteiger partial charge in [0, 0.05) is 12.1 Å². The number of benzene rings is 2. The van der Waals surface area contributed by atoms with Gasteiger partial charge < -0.3 is 9.64 Å². The van der Waals surface area contributed by atoms with Crippen LogP contribution in [0, 0.1) is 12.7 Å². The lowest BCUT2D eigenvalue weighted by atomic mass is 9.98. The molecule has 2 aliphatic rings. The Morgan fingerprint density at radius 3 is 2.25 bits per heavy atom. The number of ketones is 1. The number of carbonyl (C=O) groups excluding carboxylic acids is 2. The van der Waals surface area contributed by atoms with Gasteiger partial charge in [-0.15, -0.1) is 0 Å². The number of Topliss-reactive ketones (excluding diaryl/α,β-unsaturated/α-hetero) is 1. The maximum Gasteiger partial charge on any atom is 0.410 e. The monoisotopic (exact) mass is 516 g/mol. The van der Waals surface area contributed by atoms with Crippen molar-refractivity contribution in [1.29, 1.82) is 0 Å². The predicted octanol–water partition coefficient (Wildman–Crippen LogP) is 4.83. The van der Waals surface area contributed by atoms with Gasteiger partial charge in [-0.1, -0.05) is 30.3 Å². The highest BCUT2D eigenvalue weighted by Gasteiger charge is 2.48. The van der Waals surface area contributed by atoms with Gasteiger partial charge in [0.25, 0.3) is 0 Å². The van der Waals surface area contributed by atoms with E-state index in [4.69, 9.17) is 4.74 Å². The number of rotatable bonds is 6. The number of halogens is 1. The highest BCUT2D eigenvalue weighted by Crippen LogP contribution is 2.39. The van der Waals surface area contributed by atoms with E-state index in [0.29, 0.717) is 24.0 Å². The summed E-state index contributed by atoms with van der Waals surface area (Å²) in [6.45, 7) is 6.44. The molecule has 1 amide bonds. The first kappa shape index (κ1) is 26.3. The van der Waals surface area contributed by atoms with Gasteiger partial charge in [-0.2, -0.15) is 0 Å². The first-order chi connectivity index (χ1) is 16.9. The molecular weight excluding hydrogens is 483 g/mol. The largest absolute Gasteiger partial charge is 0.444 e. The summed E-state index contributed by atoms with van der Waals surface area (Å²) in [6, 6.07) is 12.0. The van der Waals surface area contributed by atoms with Gasteiger partial charge in [-0.25, -0.2) is 22.3 Å². The van der Waals surface area contributed by atoms with Crippen LogP contribution in [0.1, 0.15) is 62.4 Å². The first-order valence-electron chi connectivity index (χ1n) is 12.2. The Balaban J connectivity index is 1.44. The van der Waals surface area contributed by atoms with Crippen molar-refractivity contribution in [1.82, 2.24) is 9.62 Å². The van der Waals surface area contributed by atoms with Crippen LogP contribution in [-0.2, 0) is 14.8 Å². The molecule has 4 rings (SSSR count). The van der Waals surface area contributed by atoms with Crippen LogP contribution in [0.5, 0.6) is 0 Å². The van der Waals surface area contributed by atoms with Crippen molar-refractivity contribution in [3.63, 3.8) is 0 Å². The Hall–Kier alpha value is -2.78. The number of fused-ring (bicyclic) bond motifs is 2. The third-order valence-electron chi connectivity index (χ3n) is 6.83. The first-order valence-corrected chi connectivity index (χ1v) is 13.8. The molecule has 2 aromatic rings. The molecule has 2 bridgehead atoms. The zero-order valence-electron chi connectivity index (χ0n) is 21.1. The molecule has 0 radical (unpaired) electrons. The number of hydrogen-bond donors (Lipinski definition) is 1. The van der Waals surface area contributed by atoms with Crippen LogP contribution >= 0.6 is 0 Å². The van der Waals surface area contributed by atoms with Crippen molar-refractivity contribution in [2.24, 2.45) is 0 Å². The van der Waals surface area contributed by atoms with E-state index < -0.39 is 45.1 Å². The lowest BCUT2D eigenvalue weighted by Gasteiger charge is -2.39. The Morgan fingerprint density at radius 2 is 1.67 bits per heavy atom. The van der Waals surface area contributed by atoms with Crippen molar-refractivity contribution < 1.29 is 27.1 Å². The molecule has 1 N–H and O–H groups in total. The Kier molecular flexibility index (Phi) is 7.26. The summed E-state index contributed by atoms with van der Waals surface area (Å²) < 4.78 is 48.9. The van der Waals surface area contributed by atoms with E-state index in [2.05, 4.69) is 4.72 Å². The molecule has 0 aliphatic carbocycles. The molecule has 194 valence electrons. The molecule has 9 heteroatoms. The van der Waals surface area contributed by atoms with Crippen LogP contribution in [0.25, 0.3) is 11.1 Å². The minimum Gasteiger partial charge on any atom is -0.444 e. The summed E-state index contributed by atoms with van der Waals surface area (Å²) in [5.41, 5.74) is 1.06. The quantitative estimate of drug-likeness (QED) is 0.555. The molecule has 2 atom stereocenters. The van der Waals surface area contributed by atoms with Gasteiger partial charge in [-0.05, 0) is 82.2 Å². The summed E-state index contributed by atoms with van der Waals surface area (Å²) in [4.78, 5) is 27.2. The minimum absolute atomic E-state index is 0.142. The molecule has 2 fully saturated rings. The van der Waals surface area contributed by atoms with E-state index in [1.54, 1.807) is 38.7 Å². The SMILES string of the molecule is Cc1cc(-c2ccccc2)cc(C(=O)CNS(=O)(=O)C2CC3CCC(C2)N3C(=O)OC(C)(C)C)c1F. The van der Waals surface area contributed by atoms with Gasteiger partial charge in [0.15, 0.2) is 5.78 Å². The fourth-order valence-corrected chi connectivity index (χ4v) is 6.66. The molecule has 0 saturated carbocycles. The standard InChI is InChI=1S/C27H33FN2O5S/c1-17-12-19(18-8-6-5-7-9-18)13-23(25(17)28)24(31)16-29-36(33,34)22-14-20-10-11-21(15-22)30(20)26(32)35-27(2,3)4/h5-9,12-13,20-22,29H,10-11,14-16H2,1-4H3. The van der Waals surface area contributed by atoms with Crippen molar-refractivity contribution in [3.05, 3.63) is 59.4 Å². The molecule has 2 heterocycles. The number of amides is 1. The van der Waals surface area contributed by atoms with Crippen LogP contribution in [0.15, 0.2) is 42.5 Å². The number of carbonyl (C=O) groups is 2. The molecule has 36 heavy (non-hydrogen) atoms. The molecule has 7 nitrogen and oxygen atoms in total. The molecule has 2 aromatic carbocycles. The number of sulfonamides is 1. The average molecular weight is 517 g/mol. The summed E-state index contributed by atoms with van der Waals surface area (Å²) in [5.74, 6) is -1.28. The second kappa shape index (κ2) is 9.94. The highest BCUT2D eigenvalue weighted by molar-refractivity contribution is 7.90. The van der Waals surface area contributed by atoms with E-state index in [9.17, 15) is 22.4 Å². The van der Waals surface area contributed by atoms with Gasteiger partial charge in [-0.3, -0.25) is 4.79 Å². The normalized spacial score (nSPS) is 21.9. The molecule has 0 aromatic heterocycles. The van der Waals surface area contributed by atoms with E-state index in [0.717, 1.165) is 5.56 Å². The van der Waals surface area contributed by atoms with E-state index in [1.165, 1.54) is 6.07 Å². The molecule has 2 aliphatic heterocycles. The summed E-state index contributed by atoms with van der Waals surface area (Å²) in [6.07, 6.45) is 1.56. The topological polar surface area (TPSA) is 92.8 Å². The summed E-state index contributed by atoms with van der Waals surface area (Å²) in [7, 11) is -3.85. The highest BCUT2D eigenvalue weighted by atomic mass is 32.2. The second-order valence-corrected chi connectivity index (χ2v) is 12.7. The Morgan fingerprint density at radius 1 is 1.06 bits per heavy atom. The van der Waals surface area contributed by atoms with Crippen molar-refractivity contribution in [2.45, 2.75) is 76.3 Å². The lowest BCUT2D eigenvalue weighted by Crippen LogP contribution is -2.52. The number of piperidine rings is 1. The van der Waals surface area contributed by atoms with Crippen molar-refractivity contribution >= 4 is 21.9 Å². The third-order valence-corrected chi connectivity index (χ3v) is 8.64. The number of aryl methyl sites for hydroxylation is 1. The lowest BCUT2D eigenvalue weighted by molar-refractivity contribution is 0.00810. The summed E-state index contributed by atoms with van der Waals surface area (Å²) >= 11 is 0. The zero-order valence-corrected chi connectivity index (χ0v) is 21.9. The van der Waals surface area contributed by atoms with Crippen LogP contribution in [0.3, 0.4) is 0 Å². The number of hydrogen-bond acceptors (Lipinski definition) is 5. The van der Waals surface area contributed by atoms with E-state index in [1.807, 2.05) is 30.3 Å². The van der Waals surface area contributed by atoms with Crippen LogP contribution in [0.4, 0.5) is 9.18 Å². The van der Waals surface area contributed by atoms with Gasteiger partial charge in [0.2, 0.25) is 10.0 Å². The summed E-state index contributed by atoms with van der Waals surface area (Å²) in [5, 5.41) is -0.733. The maximum atomic E-state index is 14.8. The maximum absolute atomic E-state index is 14.8. The zero-order chi connectivity index (χ0) is 26.3. The number of nitrogens with zero attached hydrogens (tertiary/aromatic N) is 1. The third kappa shape index (κ3) is 5.62. The van der Waals surface area contributed by atoms with Gasteiger partial charge >= 0.3 is 6.09 Å². The van der Waals surface area contributed by atoms with Crippen LogP contribution < -0.4 is 4.72 Å². The van der Waals surface area contributed by atoms with Gasteiger partial charge in [0.1, 0.15) is 11.4 Å². The minimum atomic E-state index is -3.85. The number of nitrogens with one attached hydrogen (secondary N) is 1. The molecule has 2 unspecified atom stereocenters. The fourth-order valence-electron chi connectivity index (χ4n) is 5.14. The van der Waals surface area contributed by atoms with Crippen LogP contribution in [0.2, 0.25) is 0 Å². The Bertz CT molecular complexity index is 1240. The fraction of sp³-hybridized carbons (Fsp3) is 0.481. The molecular formula is C27H33FN2O5S. The number of ether oxygens (including phenoxy) is 1. The van der Waals surface area contributed by atoms with E-state index >= 15 is 0 Å². The van der Waals surface area contributed by atoms with Gasteiger partial charge in [0.05, 0.1) is 17.4 Å².